The summed E-state index contributed by atoms with van der Waals surface area (Å²) >= 11 is 5.84. The molecule has 0 radical (unpaired) electrons. The molecular formula is C22H17ClO3. The van der Waals surface area contributed by atoms with Crippen molar-refractivity contribution in [1.82, 2.24) is 0 Å². The fourth-order valence-electron chi connectivity index (χ4n) is 2.37. The first-order valence-electron chi connectivity index (χ1n) is 8.04. The monoisotopic (exact) mass is 364 g/mol. The molecule has 0 N–H and O–H groups in total. The Morgan fingerprint density at radius 2 is 1.54 bits per heavy atom. The Morgan fingerprint density at radius 3 is 2.23 bits per heavy atom. The maximum atomic E-state index is 12.3. The van der Waals surface area contributed by atoms with Crippen LogP contribution in [0.15, 0.2) is 72.8 Å². The van der Waals surface area contributed by atoms with E-state index in [0.717, 1.165) is 11.1 Å². The molecule has 0 fully saturated rings. The highest BCUT2D eigenvalue weighted by Crippen LogP contribution is 2.29. The zero-order chi connectivity index (χ0) is 18.4. The first-order chi connectivity index (χ1) is 12.7. The Labute approximate surface area is 157 Å². The molecule has 0 aliphatic heterocycles. The summed E-state index contributed by atoms with van der Waals surface area (Å²) in [5.74, 6) is 0.388. The lowest BCUT2D eigenvalue weighted by Gasteiger charge is -2.10. The number of halogens is 1. The second-order valence-corrected chi connectivity index (χ2v) is 5.99. The third-order valence-electron chi connectivity index (χ3n) is 3.74. The summed E-state index contributed by atoms with van der Waals surface area (Å²) in [6.45, 7) is 0. The van der Waals surface area contributed by atoms with E-state index in [1.165, 1.54) is 0 Å². The summed E-state index contributed by atoms with van der Waals surface area (Å²) in [4.78, 5) is 12.3. The average Bonchev–Trinajstić information content (AvgIpc) is 2.68. The van der Waals surface area contributed by atoms with Gasteiger partial charge < -0.3 is 9.47 Å². The topological polar surface area (TPSA) is 35.5 Å². The Kier molecular flexibility index (Phi) is 5.72. The van der Waals surface area contributed by atoms with Crippen LogP contribution in [-0.2, 0) is 0 Å². The zero-order valence-corrected chi connectivity index (χ0v) is 14.9. The Balaban J connectivity index is 1.77. The van der Waals surface area contributed by atoms with E-state index in [2.05, 4.69) is 0 Å². The van der Waals surface area contributed by atoms with Gasteiger partial charge in [0.05, 0.1) is 12.7 Å². The fraction of sp³-hybridized carbons (Fsp3) is 0.0455. The van der Waals surface area contributed by atoms with Crippen molar-refractivity contribution in [3.05, 3.63) is 94.5 Å². The number of ether oxygens (including phenoxy) is 2. The van der Waals surface area contributed by atoms with Gasteiger partial charge in [-0.3, -0.25) is 0 Å². The molecule has 0 aliphatic carbocycles. The van der Waals surface area contributed by atoms with Crippen LogP contribution in [0.2, 0.25) is 5.02 Å². The molecule has 26 heavy (non-hydrogen) atoms. The summed E-state index contributed by atoms with van der Waals surface area (Å²) in [5.41, 5.74) is 2.46. The number of benzene rings is 3. The van der Waals surface area contributed by atoms with E-state index >= 15 is 0 Å². The van der Waals surface area contributed by atoms with Crippen molar-refractivity contribution < 1.29 is 14.3 Å². The zero-order valence-electron chi connectivity index (χ0n) is 14.2. The highest BCUT2D eigenvalue weighted by atomic mass is 35.5. The number of carbonyl (C=O) groups is 1. The van der Waals surface area contributed by atoms with E-state index < -0.39 is 5.97 Å². The highest BCUT2D eigenvalue weighted by Gasteiger charge is 2.12. The molecule has 3 aromatic rings. The standard InChI is InChI=1S/C22H17ClO3/c1-25-21-15-17(8-7-16-5-3-2-4-6-16)9-14-20(21)26-22(24)18-10-12-19(23)13-11-18/h2-15H,1H3/b8-7+. The summed E-state index contributed by atoms with van der Waals surface area (Å²) in [6.07, 6.45) is 3.98. The van der Waals surface area contributed by atoms with Crippen molar-refractivity contribution in [2.75, 3.05) is 7.11 Å². The molecule has 0 aromatic heterocycles. The first-order valence-corrected chi connectivity index (χ1v) is 8.42. The number of methoxy groups -OCH3 is 1. The Bertz CT molecular complexity index is 916. The molecule has 3 nitrogen and oxygen atoms in total. The lowest BCUT2D eigenvalue weighted by atomic mass is 10.1. The second-order valence-electron chi connectivity index (χ2n) is 5.55. The molecule has 0 saturated heterocycles. The third kappa shape index (κ3) is 4.52. The van der Waals surface area contributed by atoms with Gasteiger partial charge in [-0.05, 0) is 47.5 Å². The highest BCUT2D eigenvalue weighted by molar-refractivity contribution is 6.30. The van der Waals surface area contributed by atoms with Gasteiger partial charge in [0.1, 0.15) is 0 Å². The summed E-state index contributed by atoms with van der Waals surface area (Å²) in [6, 6.07) is 21.9. The molecule has 0 saturated carbocycles. The van der Waals surface area contributed by atoms with Gasteiger partial charge >= 0.3 is 5.97 Å². The number of hydrogen-bond acceptors (Lipinski definition) is 3. The van der Waals surface area contributed by atoms with E-state index in [-0.39, 0.29) is 0 Å². The van der Waals surface area contributed by atoms with Gasteiger partial charge in [0.2, 0.25) is 0 Å². The van der Waals surface area contributed by atoms with Crippen LogP contribution in [-0.4, -0.2) is 13.1 Å². The molecule has 0 bridgehead atoms. The Morgan fingerprint density at radius 1 is 0.846 bits per heavy atom. The number of hydrogen-bond donors (Lipinski definition) is 0. The van der Waals surface area contributed by atoms with Crippen LogP contribution in [0.5, 0.6) is 11.5 Å². The molecule has 0 unspecified atom stereocenters. The fourth-order valence-corrected chi connectivity index (χ4v) is 2.50. The molecule has 3 aromatic carbocycles. The Hall–Kier alpha value is -3.04. The van der Waals surface area contributed by atoms with Crippen LogP contribution < -0.4 is 9.47 Å². The van der Waals surface area contributed by atoms with Gasteiger partial charge in [0.25, 0.3) is 0 Å². The predicted octanol–water partition coefficient (Wildman–Crippen LogP) is 5.74. The van der Waals surface area contributed by atoms with Crippen molar-refractivity contribution in [3.63, 3.8) is 0 Å². The van der Waals surface area contributed by atoms with Crippen molar-refractivity contribution in [3.8, 4) is 11.5 Å². The van der Waals surface area contributed by atoms with Crippen LogP contribution in [0, 0.1) is 0 Å². The van der Waals surface area contributed by atoms with E-state index in [1.807, 2.05) is 54.6 Å². The minimum absolute atomic E-state index is 0.365. The van der Waals surface area contributed by atoms with Gasteiger partial charge in [0.15, 0.2) is 11.5 Å². The average molecular weight is 365 g/mol. The van der Waals surface area contributed by atoms with Crippen molar-refractivity contribution >= 4 is 29.7 Å². The quantitative estimate of drug-likeness (QED) is 0.329. The van der Waals surface area contributed by atoms with E-state index in [1.54, 1.807) is 37.4 Å². The summed E-state index contributed by atoms with van der Waals surface area (Å²) < 4.78 is 10.8. The first kappa shape index (κ1) is 17.8. The van der Waals surface area contributed by atoms with E-state index in [0.29, 0.717) is 22.1 Å². The number of esters is 1. The molecule has 3 rings (SSSR count). The van der Waals surface area contributed by atoms with Crippen LogP contribution in [0.25, 0.3) is 12.2 Å². The maximum absolute atomic E-state index is 12.3. The summed E-state index contributed by atoms with van der Waals surface area (Å²) in [5, 5.41) is 0.564. The molecular weight excluding hydrogens is 348 g/mol. The minimum atomic E-state index is -0.465. The minimum Gasteiger partial charge on any atom is -0.493 e. The molecule has 0 spiro atoms. The molecule has 130 valence electrons. The SMILES string of the molecule is COc1cc(/C=C/c2ccccc2)ccc1OC(=O)c1ccc(Cl)cc1. The van der Waals surface area contributed by atoms with Crippen molar-refractivity contribution in [2.24, 2.45) is 0 Å². The van der Waals surface area contributed by atoms with E-state index in [4.69, 9.17) is 21.1 Å². The maximum Gasteiger partial charge on any atom is 0.343 e. The lowest BCUT2D eigenvalue weighted by Crippen LogP contribution is -2.09. The van der Waals surface area contributed by atoms with Gasteiger partial charge in [-0.15, -0.1) is 0 Å². The van der Waals surface area contributed by atoms with Crippen LogP contribution >= 0.6 is 11.6 Å². The van der Waals surface area contributed by atoms with Crippen molar-refractivity contribution in [2.45, 2.75) is 0 Å². The van der Waals surface area contributed by atoms with Crippen LogP contribution in [0.3, 0.4) is 0 Å². The lowest BCUT2D eigenvalue weighted by molar-refractivity contribution is 0.0729. The number of carbonyl (C=O) groups excluding carboxylic acids is 1. The molecule has 0 amide bonds. The van der Waals surface area contributed by atoms with Gasteiger partial charge in [-0.25, -0.2) is 4.79 Å². The summed E-state index contributed by atoms with van der Waals surface area (Å²) in [7, 11) is 1.54. The number of rotatable bonds is 5. The molecule has 4 heteroatoms. The molecule has 0 heterocycles. The predicted molar refractivity (Wildman–Crippen MR) is 105 cm³/mol. The van der Waals surface area contributed by atoms with Gasteiger partial charge in [0, 0.05) is 5.02 Å². The van der Waals surface area contributed by atoms with Gasteiger partial charge in [-0.2, -0.15) is 0 Å². The normalized spacial score (nSPS) is 10.7. The largest absolute Gasteiger partial charge is 0.493 e. The van der Waals surface area contributed by atoms with Crippen molar-refractivity contribution in [1.29, 1.82) is 0 Å². The molecule has 0 atom stereocenters. The van der Waals surface area contributed by atoms with Gasteiger partial charge in [-0.1, -0.05) is 60.2 Å². The third-order valence-corrected chi connectivity index (χ3v) is 3.99. The van der Waals surface area contributed by atoms with E-state index in [9.17, 15) is 4.79 Å². The van der Waals surface area contributed by atoms with Crippen LogP contribution in [0.1, 0.15) is 21.5 Å². The second kappa shape index (κ2) is 8.37. The smallest absolute Gasteiger partial charge is 0.343 e. The van der Waals surface area contributed by atoms with Crippen LogP contribution in [0.4, 0.5) is 0 Å². The molecule has 0 aliphatic rings.